The van der Waals surface area contributed by atoms with E-state index in [-0.39, 0.29) is 0 Å². The smallest absolute Gasteiger partial charge is 0.0547 e. The van der Waals surface area contributed by atoms with Gasteiger partial charge in [-0.3, -0.25) is 0 Å². The standard InChI is InChI=1S/C12H27NO/c1-3-4-5-6-7-11-14-12(2)9-8-10-13/h12H,3-11,13H2,1-2H3. The molecule has 86 valence electrons. The number of nitrogens with two attached hydrogens (primary N) is 1. The van der Waals surface area contributed by atoms with Gasteiger partial charge in [0.1, 0.15) is 0 Å². The van der Waals surface area contributed by atoms with E-state index in [0.29, 0.717) is 6.10 Å². The van der Waals surface area contributed by atoms with Crippen molar-refractivity contribution >= 4 is 0 Å². The van der Waals surface area contributed by atoms with Crippen molar-refractivity contribution in [1.29, 1.82) is 0 Å². The molecule has 0 aliphatic heterocycles. The summed E-state index contributed by atoms with van der Waals surface area (Å²) in [6, 6.07) is 0. The minimum atomic E-state index is 0.393. The van der Waals surface area contributed by atoms with Crippen molar-refractivity contribution in [2.45, 2.75) is 64.9 Å². The average molecular weight is 201 g/mol. The fourth-order valence-corrected chi connectivity index (χ4v) is 1.48. The summed E-state index contributed by atoms with van der Waals surface area (Å²) in [4.78, 5) is 0. The van der Waals surface area contributed by atoms with Crippen LogP contribution in [0.5, 0.6) is 0 Å². The number of unbranched alkanes of at least 4 members (excludes halogenated alkanes) is 4. The zero-order valence-corrected chi connectivity index (χ0v) is 9.93. The van der Waals surface area contributed by atoms with E-state index < -0.39 is 0 Å². The number of rotatable bonds is 10. The molecule has 0 heterocycles. The normalized spacial score (nSPS) is 13.1. The minimum absolute atomic E-state index is 0.393. The maximum absolute atomic E-state index is 5.67. The number of hydrogen-bond acceptors (Lipinski definition) is 2. The van der Waals surface area contributed by atoms with Crippen LogP contribution in [-0.4, -0.2) is 19.3 Å². The first-order valence-corrected chi connectivity index (χ1v) is 6.13. The quantitative estimate of drug-likeness (QED) is 0.551. The predicted molar refractivity (Wildman–Crippen MR) is 62.5 cm³/mol. The second kappa shape index (κ2) is 11.0. The van der Waals surface area contributed by atoms with Crippen molar-refractivity contribution < 1.29 is 4.74 Å². The van der Waals surface area contributed by atoms with Gasteiger partial charge in [0.25, 0.3) is 0 Å². The highest BCUT2D eigenvalue weighted by atomic mass is 16.5. The van der Waals surface area contributed by atoms with Crippen LogP contribution >= 0.6 is 0 Å². The third-order valence-corrected chi connectivity index (χ3v) is 2.47. The Morgan fingerprint density at radius 3 is 2.43 bits per heavy atom. The summed E-state index contributed by atoms with van der Waals surface area (Å²) in [7, 11) is 0. The molecular weight excluding hydrogens is 174 g/mol. The largest absolute Gasteiger partial charge is 0.379 e. The zero-order chi connectivity index (χ0) is 10.6. The average Bonchev–Trinajstić information content (AvgIpc) is 2.20. The van der Waals surface area contributed by atoms with Gasteiger partial charge in [-0.15, -0.1) is 0 Å². The molecule has 0 bridgehead atoms. The van der Waals surface area contributed by atoms with E-state index in [1.165, 1.54) is 32.1 Å². The van der Waals surface area contributed by atoms with Crippen molar-refractivity contribution in [3.63, 3.8) is 0 Å². The molecule has 0 amide bonds. The van der Waals surface area contributed by atoms with Gasteiger partial charge in [0.2, 0.25) is 0 Å². The van der Waals surface area contributed by atoms with E-state index in [4.69, 9.17) is 10.5 Å². The third kappa shape index (κ3) is 10.0. The highest BCUT2D eigenvalue weighted by Gasteiger charge is 2.00. The summed E-state index contributed by atoms with van der Waals surface area (Å²) in [5.41, 5.74) is 5.43. The molecule has 14 heavy (non-hydrogen) atoms. The second-order valence-electron chi connectivity index (χ2n) is 4.03. The molecule has 0 aliphatic rings. The summed E-state index contributed by atoms with van der Waals surface area (Å²) in [6.45, 7) is 6.09. The molecular formula is C12H27NO. The van der Waals surface area contributed by atoms with Crippen molar-refractivity contribution in [3.8, 4) is 0 Å². The van der Waals surface area contributed by atoms with Crippen molar-refractivity contribution in [2.75, 3.05) is 13.2 Å². The summed E-state index contributed by atoms with van der Waals surface area (Å²) in [5.74, 6) is 0. The molecule has 1 unspecified atom stereocenters. The predicted octanol–water partition coefficient (Wildman–Crippen LogP) is 3.10. The molecule has 1 atom stereocenters. The van der Waals surface area contributed by atoms with Crippen LogP contribution in [0.4, 0.5) is 0 Å². The van der Waals surface area contributed by atoms with E-state index in [1.54, 1.807) is 0 Å². The highest BCUT2D eigenvalue weighted by molar-refractivity contribution is 4.51. The Labute approximate surface area is 89.2 Å². The highest BCUT2D eigenvalue weighted by Crippen LogP contribution is 2.05. The van der Waals surface area contributed by atoms with Crippen LogP contribution in [0.15, 0.2) is 0 Å². The first-order chi connectivity index (χ1) is 6.81. The molecule has 0 saturated heterocycles. The molecule has 0 radical (unpaired) electrons. The summed E-state index contributed by atoms with van der Waals surface area (Å²) < 4.78 is 5.67. The lowest BCUT2D eigenvalue weighted by Crippen LogP contribution is -2.11. The Bertz CT molecular complexity index is 106. The Balaban J connectivity index is 3.02. The van der Waals surface area contributed by atoms with Gasteiger partial charge < -0.3 is 10.5 Å². The lowest BCUT2D eigenvalue weighted by Gasteiger charge is -2.11. The maximum atomic E-state index is 5.67. The van der Waals surface area contributed by atoms with Crippen LogP contribution in [0.2, 0.25) is 0 Å². The third-order valence-electron chi connectivity index (χ3n) is 2.47. The van der Waals surface area contributed by atoms with Crippen molar-refractivity contribution in [2.24, 2.45) is 5.73 Å². The van der Waals surface area contributed by atoms with E-state index in [2.05, 4.69) is 13.8 Å². The Hall–Kier alpha value is -0.0800. The number of ether oxygens (including phenoxy) is 1. The van der Waals surface area contributed by atoms with E-state index in [9.17, 15) is 0 Å². The van der Waals surface area contributed by atoms with Crippen molar-refractivity contribution in [1.82, 2.24) is 0 Å². The van der Waals surface area contributed by atoms with Gasteiger partial charge in [0.05, 0.1) is 6.10 Å². The second-order valence-corrected chi connectivity index (χ2v) is 4.03. The zero-order valence-electron chi connectivity index (χ0n) is 9.93. The van der Waals surface area contributed by atoms with Crippen LogP contribution in [0, 0.1) is 0 Å². The molecule has 0 aliphatic carbocycles. The van der Waals surface area contributed by atoms with Crippen LogP contribution in [0.1, 0.15) is 58.8 Å². The van der Waals surface area contributed by atoms with Gasteiger partial charge >= 0.3 is 0 Å². The molecule has 0 aromatic heterocycles. The monoisotopic (exact) mass is 201 g/mol. The van der Waals surface area contributed by atoms with Gasteiger partial charge in [-0.25, -0.2) is 0 Å². The molecule has 0 spiro atoms. The minimum Gasteiger partial charge on any atom is -0.379 e. The fraction of sp³-hybridized carbons (Fsp3) is 1.00. The fourth-order valence-electron chi connectivity index (χ4n) is 1.48. The Kier molecular flexibility index (Phi) is 10.9. The number of hydrogen-bond donors (Lipinski definition) is 1. The first-order valence-electron chi connectivity index (χ1n) is 6.13. The van der Waals surface area contributed by atoms with Gasteiger partial charge in [-0.2, -0.15) is 0 Å². The molecule has 2 heteroatoms. The summed E-state index contributed by atoms with van der Waals surface area (Å²) in [6.07, 6.45) is 9.14. The van der Waals surface area contributed by atoms with Crippen LogP contribution in [-0.2, 0) is 4.74 Å². The topological polar surface area (TPSA) is 35.2 Å². The van der Waals surface area contributed by atoms with Gasteiger partial charge in [-0.1, -0.05) is 32.6 Å². The Morgan fingerprint density at radius 1 is 1.07 bits per heavy atom. The summed E-state index contributed by atoms with van der Waals surface area (Å²) >= 11 is 0. The van der Waals surface area contributed by atoms with Gasteiger partial charge in [-0.05, 0) is 32.7 Å². The van der Waals surface area contributed by atoms with Gasteiger partial charge in [0.15, 0.2) is 0 Å². The van der Waals surface area contributed by atoms with Crippen LogP contribution < -0.4 is 5.73 Å². The molecule has 0 saturated carbocycles. The molecule has 0 fully saturated rings. The van der Waals surface area contributed by atoms with E-state index in [0.717, 1.165) is 26.0 Å². The first kappa shape index (κ1) is 13.9. The van der Waals surface area contributed by atoms with E-state index >= 15 is 0 Å². The van der Waals surface area contributed by atoms with Crippen molar-refractivity contribution in [3.05, 3.63) is 0 Å². The van der Waals surface area contributed by atoms with E-state index in [1.807, 2.05) is 0 Å². The maximum Gasteiger partial charge on any atom is 0.0547 e. The lowest BCUT2D eigenvalue weighted by molar-refractivity contribution is 0.0566. The summed E-state index contributed by atoms with van der Waals surface area (Å²) in [5, 5.41) is 0. The lowest BCUT2D eigenvalue weighted by atomic mass is 10.1. The molecule has 2 nitrogen and oxygen atoms in total. The molecule has 0 aromatic carbocycles. The van der Waals surface area contributed by atoms with Crippen LogP contribution in [0.25, 0.3) is 0 Å². The Morgan fingerprint density at radius 2 is 1.79 bits per heavy atom. The molecule has 2 N–H and O–H groups in total. The molecule has 0 aromatic rings. The van der Waals surface area contributed by atoms with Gasteiger partial charge in [0, 0.05) is 6.61 Å². The SMILES string of the molecule is CCCCCCCOC(C)CCCN. The van der Waals surface area contributed by atoms with Crippen LogP contribution in [0.3, 0.4) is 0 Å². The molecule has 0 rings (SSSR count).